The first-order valence-electron chi connectivity index (χ1n) is 17.1. The molecule has 0 N–H and O–H groups in total. The maximum absolute atomic E-state index is 5.25. The second-order valence-electron chi connectivity index (χ2n) is 13.1. The zero-order valence-corrected chi connectivity index (χ0v) is 27.1. The van der Waals surface area contributed by atoms with E-state index in [1.807, 2.05) is 0 Å². The zero-order valence-electron chi connectivity index (χ0n) is 27.1. The summed E-state index contributed by atoms with van der Waals surface area (Å²) < 4.78 is 2.31. The van der Waals surface area contributed by atoms with Crippen LogP contribution in [0.25, 0.3) is 73.3 Å². The van der Waals surface area contributed by atoms with Crippen LogP contribution in [0.2, 0.25) is 0 Å². The minimum atomic E-state index is 0.473. The summed E-state index contributed by atoms with van der Waals surface area (Å²) in [5, 5.41) is 5.32. The van der Waals surface area contributed by atoms with Crippen LogP contribution in [0.3, 0.4) is 0 Å². The first kappa shape index (κ1) is 28.5. The molecule has 6 aromatic carbocycles. The van der Waals surface area contributed by atoms with Gasteiger partial charge in [0.2, 0.25) is 0 Å². The minimum Gasteiger partial charge on any atom is -0.292 e. The van der Waals surface area contributed by atoms with Crippen molar-refractivity contribution in [3.8, 4) is 28.2 Å². The second-order valence-corrected chi connectivity index (χ2v) is 13.1. The number of nitrogens with zero attached hydrogens (tertiary/aromatic N) is 2. The fourth-order valence-corrected chi connectivity index (χ4v) is 7.77. The van der Waals surface area contributed by atoms with E-state index in [0.717, 1.165) is 47.4 Å². The average Bonchev–Trinajstić information content (AvgIpc) is 3.54. The Morgan fingerprint density at radius 2 is 1.25 bits per heavy atom. The molecule has 0 radical (unpaired) electrons. The van der Waals surface area contributed by atoms with Crippen molar-refractivity contribution in [2.45, 2.75) is 26.2 Å². The molecular formula is C46H36N2. The average molecular weight is 617 g/mol. The highest BCUT2D eigenvalue weighted by Crippen LogP contribution is 2.38. The summed E-state index contributed by atoms with van der Waals surface area (Å²) in [7, 11) is 0. The molecule has 1 aromatic heterocycles. The molecule has 0 bridgehead atoms. The first-order chi connectivity index (χ1) is 23.7. The van der Waals surface area contributed by atoms with Gasteiger partial charge in [0.25, 0.3) is 0 Å². The smallest absolute Gasteiger partial charge is 0.145 e. The molecule has 2 aliphatic rings. The van der Waals surface area contributed by atoms with Crippen LogP contribution in [0.5, 0.6) is 0 Å². The standard InChI is InChI=1S/C46H36N2/c1-31-21-27-38-40(29-31)45(34-15-7-3-8-16-34)41-30-36(46-47-42-19-11-12-20-43(42)48(46)37-17-9-4-10-18-37)26-28-39(41)44(38)35-24-22-33(23-25-35)32-13-5-2-6-14-32/h2-20,22,24,26-31H,21,23,25H2,1H3. The molecule has 0 saturated carbocycles. The molecule has 0 aliphatic heterocycles. The van der Waals surface area contributed by atoms with Crippen LogP contribution in [-0.4, -0.2) is 9.55 Å². The van der Waals surface area contributed by atoms with E-state index in [4.69, 9.17) is 4.98 Å². The lowest BCUT2D eigenvalue weighted by molar-refractivity contribution is 0.800. The molecule has 1 heterocycles. The van der Waals surface area contributed by atoms with E-state index in [1.165, 1.54) is 54.6 Å². The number of fused-ring (bicyclic) bond motifs is 3. The van der Waals surface area contributed by atoms with E-state index in [1.54, 1.807) is 0 Å². The first-order valence-corrected chi connectivity index (χ1v) is 17.1. The van der Waals surface area contributed by atoms with Gasteiger partial charge in [-0.2, -0.15) is 0 Å². The predicted octanol–water partition coefficient (Wildman–Crippen LogP) is 10.4. The largest absolute Gasteiger partial charge is 0.292 e. The molecule has 1 atom stereocenters. The normalized spacial score (nSPS) is 15.7. The van der Waals surface area contributed by atoms with Crippen LogP contribution < -0.4 is 10.4 Å². The van der Waals surface area contributed by atoms with Crippen molar-refractivity contribution < 1.29 is 0 Å². The van der Waals surface area contributed by atoms with Gasteiger partial charge in [0.15, 0.2) is 0 Å². The quantitative estimate of drug-likeness (QED) is 0.188. The van der Waals surface area contributed by atoms with Gasteiger partial charge >= 0.3 is 0 Å². The van der Waals surface area contributed by atoms with E-state index in [9.17, 15) is 0 Å². The molecule has 9 rings (SSSR count). The van der Waals surface area contributed by atoms with E-state index in [0.29, 0.717) is 5.92 Å². The monoisotopic (exact) mass is 616 g/mol. The third-order valence-corrected chi connectivity index (χ3v) is 10.0. The van der Waals surface area contributed by atoms with Crippen molar-refractivity contribution in [3.63, 3.8) is 0 Å². The van der Waals surface area contributed by atoms with E-state index >= 15 is 0 Å². The van der Waals surface area contributed by atoms with Gasteiger partial charge in [0.1, 0.15) is 5.82 Å². The Morgan fingerprint density at radius 3 is 2.00 bits per heavy atom. The maximum atomic E-state index is 5.25. The number of rotatable bonds is 5. The molecule has 48 heavy (non-hydrogen) atoms. The van der Waals surface area contributed by atoms with Crippen molar-refractivity contribution in [1.82, 2.24) is 9.55 Å². The SMILES string of the molecule is CC1C=c2c(-c3ccccc3)c3cc(-c4nc5ccccc5n4-c4ccccc4)ccc3c(C3=CC=C(c4ccccc4)CC3)c2=CC1. The Kier molecular flexibility index (Phi) is 7.01. The van der Waals surface area contributed by atoms with Crippen LogP contribution in [0.15, 0.2) is 146 Å². The van der Waals surface area contributed by atoms with E-state index < -0.39 is 0 Å². The van der Waals surface area contributed by atoms with Crippen molar-refractivity contribution in [2.24, 2.45) is 5.92 Å². The number of hydrogen-bond acceptors (Lipinski definition) is 1. The lowest BCUT2D eigenvalue weighted by Gasteiger charge is -2.23. The molecule has 0 amide bonds. The molecule has 0 fully saturated rings. The Bertz CT molecular complexity index is 2520. The van der Waals surface area contributed by atoms with Gasteiger partial charge in [-0.1, -0.05) is 134 Å². The topological polar surface area (TPSA) is 17.8 Å². The summed E-state index contributed by atoms with van der Waals surface area (Å²) in [6.07, 6.45) is 12.9. The second kappa shape index (κ2) is 11.8. The van der Waals surface area contributed by atoms with Gasteiger partial charge in [-0.3, -0.25) is 4.57 Å². The van der Waals surface area contributed by atoms with Crippen molar-refractivity contribution in [1.29, 1.82) is 0 Å². The van der Waals surface area contributed by atoms with E-state index in [2.05, 4.69) is 169 Å². The fraction of sp³-hybridized carbons (Fsp3) is 0.109. The fourth-order valence-electron chi connectivity index (χ4n) is 7.77. The Morgan fingerprint density at radius 1 is 0.583 bits per heavy atom. The summed E-state index contributed by atoms with van der Waals surface area (Å²) in [6, 6.07) is 47.9. The number of para-hydroxylation sites is 3. The number of benzene rings is 6. The molecule has 230 valence electrons. The highest BCUT2D eigenvalue weighted by Gasteiger charge is 2.22. The third kappa shape index (κ3) is 4.84. The van der Waals surface area contributed by atoms with Gasteiger partial charge in [-0.05, 0) is 110 Å². The summed E-state index contributed by atoms with van der Waals surface area (Å²) in [5.41, 5.74) is 12.4. The number of hydrogen-bond donors (Lipinski definition) is 0. The predicted molar refractivity (Wildman–Crippen MR) is 203 cm³/mol. The van der Waals surface area contributed by atoms with Crippen LogP contribution in [0, 0.1) is 5.92 Å². The van der Waals surface area contributed by atoms with Crippen LogP contribution >= 0.6 is 0 Å². The van der Waals surface area contributed by atoms with Crippen LogP contribution in [0.4, 0.5) is 0 Å². The van der Waals surface area contributed by atoms with Gasteiger partial charge < -0.3 is 0 Å². The lowest BCUT2D eigenvalue weighted by atomic mass is 9.81. The summed E-state index contributed by atoms with van der Waals surface area (Å²) in [6.45, 7) is 2.34. The number of aromatic nitrogens is 2. The molecule has 1 unspecified atom stereocenters. The van der Waals surface area contributed by atoms with Crippen LogP contribution in [0.1, 0.15) is 37.3 Å². The Balaban J connectivity index is 1.35. The highest BCUT2D eigenvalue weighted by atomic mass is 15.1. The van der Waals surface area contributed by atoms with Crippen molar-refractivity contribution in [3.05, 3.63) is 167 Å². The van der Waals surface area contributed by atoms with Crippen molar-refractivity contribution >= 4 is 45.1 Å². The van der Waals surface area contributed by atoms with E-state index in [-0.39, 0.29) is 0 Å². The van der Waals surface area contributed by atoms with Gasteiger partial charge in [0.05, 0.1) is 11.0 Å². The van der Waals surface area contributed by atoms with Gasteiger partial charge in [-0.25, -0.2) is 4.98 Å². The Hall–Kier alpha value is -5.73. The van der Waals surface area contributed by atoms with Gasteiger partial charge in [-0.15, -0.1) is 0 Å². The minimum absolute atomic E-state index is 0.473. The van der Waals surface area contributed by atoms with Crippen molar-refractivity contribution in [2.75, 3.05) is 0 Å². The van der Waals surface area contributed by atoms with Crippen LogP contribution in [-0.2, 0) is 0 Å². The number of imidazole rings is 1. The summed E-state index contributed by atoms with van der Waals surface area (Å²) >= 11 is 0. The zero-order chi connectivity index (χ0) is 32.0. The molecular weight excluding hydrogens is 581 g/mol. The molecule has 0 spiro atoms. The Labute approximate surface area is 281 Å². The van der Waals surface area contributed by atoms with Gasteiger partial charge in [0, 0.05) is 11.3 Å². The molecule has 0 saturated heterocycles. The summed E-state index contributed by atoms with van der Waals surface area (Å²) in [4.78, 5) is 5.25. The lowest BCUT2D eigenvalue weighted by Crippen LogP contribution is -2.34. The molecule has 2 aliphatic carbocycles. The third-order valence-electron chi connectivity index (χ3n) is 10.0. The molecule has 2 nitrogen and oxygen atoms in total. The number of allylic oxidation sites excluding steroid dienone is 4. The molecule has 7 aromatic rings. The summed E-state index contributed by atoms with van der Waals surface area (Å²) in [5.74, 6) is 1.43. The molecule has 2 heteroatoms. The highest BCUT2D eigenvalue weighted by molar-refractivity contribution is 6.06. The maximum Gasteiger partial charge on any atom is 0.145 e.